The Kier molecular flexibility index (Phi) is 3.65. The fourth-order valence-corrected chi connectivity index (χ4v) is 2.16. The van der Waals surface area contributed by atoms with Crippen LogP contribution in [0.3, 0.4) is 0 Å². The molecule has 1 heterocycles. The highest BCUT2D eigenvalue weighted by molar-refractivity contribution is 5.64. The molecule has 0 amide bonds. The average molecular weight is 301 g/mol. The molecule has 0 bridgehead atoms. The molecule has 0 aliphatic carbocycles. The third kappa shape index (κ3) is 2.70. The highest BCUT2D eigenvalue weighted by atomic mass is 19.4. The van der Waals surface area contributed by atoms with Crippen molar-refractivity contribution in [2.75, 3.05) is 0 Å². The van der Waals surface area contributed by atoms with Crippen molar-refractivity contribution in [2.45, 2.75) is 20.0 Å². The highest BCUT2D eigenvalue weighted by Crippen LogP contribution is 2.38. The molecular formula is C15H12F5N. The summed E-state index contributed by atoms with van der Waals surface area (Å²) in [5.74, 6) is -3.24. The minimum absolute atomic E-state index is 0.0704. The minimum atomic E-state index is -5.10. The number of benzene rings is 1. The molecule has 1 aromatic heterocycles. The molecule has 0 fully saturated rings. The van der Waals surface area contributed by atoms with Gasteiger partial charge in [0.15, 0.2) is 0 Å². The number of aryl methyl sites for hydroxylation is 2. The zero-order chi connectivity index (χ0) is 15.9. The summed E-state index contributed by atoms with van der Waals surface area (Å²) in [6, 6.07) is 3.86. The lowest BCUT2D eigenvalue weighted by molar-refractivity contribution is -0.600. The van der Waals surface area contributed by atoms with E-state index < -0.39 is 23.4 Å². The lowest BCUT2D eigenvalue weighted by Gasteiger charge is -2.17. The van der Waals surface area contributed by atoms with E-state index in [-0.39, 0.29) is 16.8 Å². The Hall–Kier alpha value is -2.11. The first-order chi connectivity index (χ1) is 9.62. The van der Waals surface area contributed by atoms with E-state index in [0.717, 1.165) is 5.56 Å². The minimum Gasteiger partial charge on any atom is -0.333 e. The molecule has 0 aliphatic heterocycles. The summed E-state index contributed by atoms with van der Waals surface area (Å²) in [5, 5.41) is 0. The Morgan fingerprint density at radius 3 is 2.29 bits per heavy atom. The summed E-state index contributed by atoms with van der Waals surface area (Å²) >= 11 is 0. The molecule has 112 valence electrons. The third-order valence-corrected chi connectivity index (χ3v) is 3.15. The summed E-state index contributed by atoms with van der Waals surface area (Å²) in [4.78, 5) is 0. The summed E-state index contributed by atoms with van der Waals surface area (Å²) in [5.41, 5.74) is -1.25. The zero-order valence-electron chi connectivity index (χ0n) is 11.4. The van der Waals surface area contributed by atoms with E-state index in [4.69, 9.17) is 0 Å². The molecule has 0 unspecified atom stereocenters. The van der Waals surface area contributed by atoms with Crippen LogP contribution in [0, 0.1) is 32.5 Å². The highest BCUT2D eigenvalue weighted by Gasteiger charge is 2.39. The Balaban J connectivity index is 2.84. The molecule has 1 nitrogen and oxygen atoms in total. The summed E-state index contributed by atoms with van der Waals surface area (Å²) < 4.78 is 67.5. The Bertz CT molecular complexity index is 704. The van der Waals surface area contributed by atoms with Crippen LogP contribution >= 0.6 is 0 Å². The predicted octanol–water partition coefficient (Wildman–Crippen LogP) is 4.19. The number of aromatic nitrogens is 1. The van der Waals surface area contributed by atoms with Gasteiger partial charge in [-0.15, -0.1) is 0 Å². The lowest BCUT2D eigenvalue weighted by atomic mass is 9.98. The maximum absolute atomic E-state index is 14.3. The van der Waals surface area contributed by atoms with Crippen LogP contribution in [0.25, 0.3) is 11.3 Å². The molecule has 0 spiro atoms. The van der Waals surface area contributed by atoms with Gasteiger partial charge in [-0.1, -0.05) is 11.6 Å². The monoisotopic (exact) mass is 301 g/mol. The summed E-state index contributed by atoms with van der Waals surface area (Å²) in [7, 11) is 3.61. The quantitative estimate of drug-likeness (QED) is 0.422. The Morgan fingerprint density at radius 2 is 1.71 bits per heavy atom. The fourth-order valence-electron chi connectivity index (χ4n) is 2.16. The van der Waals surface area contributed by atoms with Crippen LogP contribution in [0.5, 0.6) is 0 Å². The second-order valence-corrected chi connectivity index (χ2v) is 4.80. The molecule has 0 N–H and O–H groups in total. The summed E-state index contributed by atoms with van der Waals surface area (Å²) in [6.45, 7) is 3.06. The number of pyridine rings is 1. The molecule has 0 radical (unpaired) electrons. The van der Waals surface area contributed by atoms with Crippen LogP contribution in [0.2, 0.25) is 0 Å². The predicted molar refractivity (Wildman–Crippen MR) is 67.2 cm³/mol. The van der Waals surface area contributed by atoms with Gasteiger partial charge < -0.3 is 4.57 Å². The van der Waals surface area contributed by atoms with E-state index in [1.807, 2.05) is 0 Å². The van der Waals surface area contributed by atoms with Crippen molar-refractivity contribution in [1.82, 2.24) is 0 Å². The first-order valence-corrected chi connectivity index (χ1v) is 6.02. The van der Waals surface area contributed by atoms with Gasteiger partial charge in [0.1, 0.15) is 22.9 Å². The van der Waals surface area contributed by atoms with E-state index >= 15 is 0 Å². The van der Waals surface area contributed by atoms with Crippen LogP contribution in [0.15, 0.2) is 24.4 Å². The maximum Gasteiger partial charge on any atom is 0.422 e. The number of alkyl halides is 3. The van der Waals surface area contributed by atoms with Crippen molar-refractivity contribution >= 4 is 0 Å². The van der Waals surface area contributed by atoms with Crippen molar-refractivity contribution in [3.63, 3.8) is 0 Å². The van der Waals surface area contributed by atoms with Gasteiger partial charge in [0, 0.05) is 12.6 Å². The average Bonchev–Trinajstić information content (AvgIpc) is 2.30. The second-order valence-electron chi connectivity index (χ2n) is 4.80. The van der Waals surface area contributed by atoms with Gasteiger partial charge in [-0.3, -0.25) is 0 Å². The lowest BCUT2D eigenvalue weighted by Crippen LogP contribution is -2.29. The van der Waals surface area contributed by atoms with E-state index in [0.29, 0.717) is 6.07 Å². The first kappa shape index (κ1) is 15.3. The smallest absolute Gasteiger partial charge is 0.333 e. The molecule has 0 aliphatic rings. The molecule has 2 rings (SSSR count). The molecule has 6 heteroatoms. The molecule has 0 saturated carbocycles. The number of rotatable bonds is 1. The second kappa shape index (κ2) is 5.02. The number of hydrogen-bond acceptors (Lipinski definition) is 0. The van der Waals surface area contributed by atoms with Gasteiger partial charge in [0.2, 0.25) is 0 Å². The van der Waals surface area contributed by atoms with E-state index in [9.17, 15) is 22.0 Å². The Morgan fingerprint density at radius 1 is 1.10 bits per heavy atom. The van der Waals surface area contributed by atoms with E-state index in [1.165, 1.54) is 23.8 Å². The molecule has 2 aromatic rings. The largest absolute Gasteiger partial charge is 0.422 e. The van der Waals surface area contributed by atoms with Gasteiger partial charge >= 0.3 is 6.18 Å². The molecular weight excluding hydrogens is 289 g/mol. The molecule has 1 aromatic carbocycles. The van der Waals surface area contributed by atoms with E-state index in [2.05, 4.69) is 7.05 Å². The number of halogens is 5. The van der Waals surface area contributed by atoms with Crippen molar-refractivity contribution in [2.24, 2.45) is 0 Å². The normalized spacial score (nSPS) is 11.8. The third-order valence-electron chi connectivity index (χ3n) is 3.15. The van der Waals surface area contributed by atoms with Crippen LogP contribution in [-0.2, 0) is 6.18 Å². The summed E-state index contributed by atoms with van der Waals surface area (Å²) in [6.07, 6.45) is -3.60. The number of nitrogens with zero attached hydrogens (tertiary/aromatic N) is 1. The van der Waals surface area contributed by atoms with Crippen LogP contribution in [0.4, 0.5) is 22.0 Å². The first-order valence-electron chi connectivity index (χ1n) is 6.02. The van der Waals surface area contributed by atoms with Crippen molar-refractivity contribution < 1.29 is 26.5 Å². The fraction of sp³-hybridized carbons (Fsp3) is 0.200. The van der Waals surface area contributed by atoms with Crippen molar-refractivity contribution in [1.29, 1.82) is 0 Å². The van der Waals surface area contributed by atoms with Gasteiger partial charge in [-0.2, -0.15) is 13.2 Å². The van der Waals surface area contributed by atoms with Gasteiger partial charge in [0.05, 0.1) is 6.20 Å². The number of hydrogen-bond donors (Lipinski definition) is 0. The topological polar surface area (TPSA) is 3.88 Å². The van der Waals surface area contributed by atoms with Crippen molar-refractivity contribution in [3.05, 3.63) is 59.8 Å². The zero-order valence-corrected chi connectivity index (χ0v) is 11.4. The maximum atomic E-state index is 14.3. The SMILES string of the molecule is [CH2-][n+]1ccc(C)cc1-c1c(C)cc(F)c(C(F)(F)F)c1F. The van der Waals surface area contributed by atoms with Crippen LogP contribution < -0.4 is 4.57 Å². The Labute approximate surface area is 118 Å². The van der Waals surface area contributed by atoms with Gasteiger partial charge in [-0.25, -0.2) is 8.78 Å². The molecule has 0 atom stereocenters. The van der Waals surface area contributed by atoms with Crippen LogP contribution in [-0.4, -0.2) is 0 Å². The van der Waals surface area contributed by atoms with Gasteiger partial charge in [-0.05, 0) is 31.5 Å². The van der Waals surface area contributed by atoms with E-state index in [1.54, 1.807) is 13.0 Å². The van der Waals surface area contributed by atoms with Crippen molar-refractivity contribution in [3.8, 4) is 11.3 Å². The molecule has 0 saturated heterocycles. The molecule has 21 heavy (non-hydrogen) atoms. The van der Waals surface area contributed by atoms with Crippen LogP contribution in [0.1, 0.15) is 16.7 Å². The standard InChI is InChI=1S/C15H12F5N/c1-8-4-5-21(3)11(6-8)12-9(2)7-10(16)13(14(12)17)15(18,19)20/h4-7H,3H2,1-2H3. The van der Waals surface area contributed by atoms with Gasteiger partial charge in [0.25, 0.3) is 0 Å².